The molecule has 0 N–H and O–H groups in total. The van der Waals surface area contributed by atoms with Gasteiger partial charge in [0.15, 0.2) is 0 Å². The molecule has 0 aliphatic heterocycles. The maximum atomic E-state index is 10.7. The van der Waals surface area contributed by atoms with Crippen LogP contribution in [0.3, 0.4) is 0 Å². The number of carbonyl (C=O) groups is 1. The molecule has 1 aromatic rings. The molecule has 1 aromatic carbocycles. The van der Waals surface area contributed by atoms with Gasteiger partial charge in [-0.1, -0.05) is 0 Å². The third kappa shape index (κ3) is 1.97. The molecule has 0 atom stereocenters. The van der Waals surface area contributed by atoms with E-state index >= 15 is 0 Å². The average molecular weight is 253 g/mol. The van der Waals surface area contributed by atoms with E-state index in [0.29, 0.717) is 10.6 Å². The van der Waals surface area contributed by atoms with Gasteiger partial charge in [0.25, 0.3) is 0 Å². The van der Waals surface area contributed by atoms with Crippen molar-refractivity contribution in [3.63, 3.8) is 0 Å². The second-order valence-electron chi connectivity index (χ2n) is 1.89. The Balaban J connectivity index is 3.27. The fourth-order valence-corrected chi connectivity index (χ4v) is 1.48. The van der Waals surface area contributed by atoms with Crippen LogP contribution in [0.2, 0.25) is 5.02 Å². The van der Waals surface area contributed by atoms with Gasteiger partial charge in [0.05, 0.1) is 0 Å². The molecule has 1 rings (SSSR count). The Kier molecular flexibility index (Phi) is 2.97. The summed E-state index contributed by atoms with van der Waals surface area (Å²) in [6.45, 7) is 0. The van der Waals surface area contributed by atoms with E-state index in [1.807, 2.05) is 0 Å². The van der Waals surface area contributed by atoms with Crippen LogP contribution in [0.25, 0.3) is 0 Å². The number of rotatable bonds is 1. The van der Waals surface area contributed by atoms with Crippen LogP contribution in [0.5, 0.6) is 0 Å². The standard InChI is InChI=1S/C7H3Cl2OSe/c8-6-4(7(9)10)2-1-3-5(6)11/h1-3H. The first-order chi connectivity index (χ1) is 5.13. The molecular weight excluding hydrogens is 250 g/mol. The fraction of sp³-hybridized carbons (Fsp3) is 0. The Hall–Kier alpha value is -0.0105. The van der Waals surface area contributed by atoms with Crippen LogP contribution in [-0.4, -0.2) is 21.3 Å². The van der Waals surface area contributed by atoms with E-state index in [9.17, 15) is 4.79 Å². The third-order valence-electron chi connectivity index (χ3n) is 1.18. The molecule has 11 heavy (non-hydrogen) atoms. The molecule has 0 saturated heterocycles. The summed E-state index contributed by atoms with van der Waals surface area (Å²) in [6, 6.07) is 5.07. The van der Waals surface area contributed by atoms with Gasteiger partial charge in [0, 0.05) is 0 Å². The Labute approximate surface area is 82.5 Å². The number of hydrogen-bond donors (Lipinski definition) is 0. The van der Waals surface area contributed by atoms with Crippen molar-refractivity contribution in [3.05, 3.63) is 28.8 Å². The summed E-state index contributed by atoms with van der Waals surface area (Å²) in [4.78, 5) is 10.7. The van der Waals surface area contributed by atoms with E-state index in [0.717, 1.165) is 4.46 Å². The molecule has 0 unspecified atom stereocenters. The van der Waals surface area contributed by atoms with Gasteiger partial charge in [0.1, 0.15) is 0 Å². The maximum absolute atomic E-state index is 10.7. The molecule has 4 heteroatoms. The summed E-state index contributed by atoms with van der Waals surface area (Å²) in [6.07, 6.45) is 0. The summed E-state index contributed by atoms with van der Waals surface area (Å²) < 4.78 is 0.734. The predicted octanol–water partition coefficient (Wildman–Crippen LogP) is 1.51. The van der Waals surface area contributed by atoms with Gasteiger partial charge in [-0.15, -0.1) is 0 Å². The normalized spacial score (nSPS) is 9.64. The molecule has 0 heterocycles. The molecule has 1 radical (unpaired) electrons. The summed E-state index contributed by atoms with van der Waals surface area (Å²) in [5.41, 5.74) is 0.338. The number of carbonyl (C=O) groups excluding carboxylic acids is 1. The zero-order valence-electron chi connectivity index (χ0n) is 5.30. The summed E-state index contributed by atoms with van der Waals surface area (Å²) >= 11 is 13.7. The van der Waals surface area contributed by atoms with E-state index in [1.54, 1.807) is 18.2 Å². The number of hydrogen-bond acceptors (Lipinski definition) is 1. The monoisotopic (exact) mass is 253 g/mol. The van der Waals surface area contributed by atoms with Gasteiger partial charge in [0.2, 0.25) is 0 Å². The zero-order chi connectivity index (χ0) is 8.43. The van der Waals surface area contributed by atoms with Crippen LogP contribution < -0.4 is 4.46 Å². The van der Waals surface area contributed by atoms with E-state index in [4.69, 9.17) is 23.2 Å². The van der Waals surface area contributed by atoms with Crippen molar-refractivity contribution in [2.75, 3.05) is 0 Å². The van der Waals surface area contributed by atoms with Crippen LogP contribution in [-0.2, 0) is 0 Å². The second-order valence-corrected chi connectivity index (χ2v) is 3.54. The molecule has 0 fully saturated rings. The van der Waals surface area contributed by atoms with E-state index < -0.39 is 5.24 Å². The molecule has 0 aromatic heterocycles. The zero-order valence-corrected chi connectivity index (χ0v) is 8.53. The first kappa shape index (κ1) is 9.08. The first-order valence-corrected chi connectivity index (χ1v) is 4.39. The van der Waals surface area contributed by atoms with Crippen molar-refractivity contribution in [3.8, 4) is 0 Å². The minimum absolute atomic E-state index is 0.338. The van der Waals surface area contributed by atoms with Crippen molar-refractivity contribution < 1.29 is 4.79 Å². The SMILES string of the molecule is O=C(Cl)c1cccc([Se])c1Cl. The Morgan fingerprint density at radius 1 is 1.45 bits per heavy atom. The first-order valence-electron chi connectivity index (χ1n) is 2.78. The van der Waals surface area contributed by atoms with Gasteiger partial charge in [-0.25, -0.2) is 0 Å². The Morgan fingerprint density at radius 3 is 2.55 bits per heavy atom. The molecular formula is C7H3Cl2OSe. The quantitative estimate of drug-likeness (QED) is 0.547. The van der Waals surface area contributed by atoms with Crippen LogP contribution in [0.4, 0.5) is 0 Å². The van der Waals surface area contributed by atoms with Gasteiger partial charge >= 0.3 is 82.5 Å². The molecule has 0 saturated carbocycles. The molecule has 0 aliphatic carbocycles. The number of benzene rings is 1. The van der Waals surface area contributed by atoms with Crippen molar-refractivity contribution >= 4 is 48.9 Å². The van der Waals surface area contributed by atoms with Crippen molar-refractivity contribution in [2.24, 2.45) is 0 Å². The second kappa shape index (κ2) is 3.59. The number of halogens is 2. The molecule has 57 valence electrons. The van der Waals surface area contributed by atoms with Crippen LogP contribution in [0.1, 0.15) is 10.4 Å². The van der Waals surface area contributed by atoms with Gasteiger partial charge in [-0.2, -0.15) is 0 Å². The third-order valence-corrected chi connectivity index (χ3v) is 2.75. The van der Waals surface area contributed by atoms with E-state index in [1.165, 1.54) is 0 Å². The summed E-state index contributed by atoms with van der Waals surface area (Å²) in [7, 11) is 0. The summed E-state index contributed by atoms with van der Waals surface area (Å²) in [5.74, 6) is 0. The topological polar surface area (TPSA) is 17.1 Å². The molecule has 1 nitrogen and oxygen atoms in total. The van der Waals surface area contributed by atoms with Crippen molar-refractivity contribution in [2.45, 2.75) is 0 Å². The van der Waals surface area contributed by atoms with Crippen molar-refractivity contribution in [1.82, 2.24) is 0 Å². The molecule has 0 amide bonds. The van der Waals surface area contributed by atoms with Crippen LogP contribution in [0.15, 0.2) is 18.2 Å². The van der Waals surface area contributed by atoms with Crippen LogP contribution in [0, 0.1) is 0 Å². The average Bonchev–Trinajstić information content (AvgIpc) is 1.94. The van der Waals surface area contributed by atoms with Crippen molar-refractivity contribution in [1.29, 1.82) is 0 Å². The van der Waals surface area contributed by atoms with Gasteiger partial charge < -0.3 is 0 Å². The van der Waals surface area contributed by atoms with Gasteiger partial charge in [-0.05, 0) is 0 Å². The Bertz CT molecular complexity index is 298. The fourth-order valence-electron chi connectivity index (χ4n) is 0.663. The van der Waals surface area contributed by atoms with Crippen LogP contribution >= 0.6 is 23.2 Å². The summed E-state index contributed by atoms with van der Waals surface area (Å²) in [5, 5.41) is -0.153. The van der Waals surface area contributed by atoms with E-state index in [2.05, 4.69) is 16.0 Å². The minimum atomic E-state index is -0.535. The van der Waals surface area contributed by atoms with Gasteiger partial charge in [-0.3, -0.25) is 0 Å². The predicted molar refractivity (Wildman–Crippen MR) is 47.0 cm³/mol. The Morgan fingerprint density at radius 2 is 2.09 bits per heavy atom. The molecule has 0 bridgehead atoms. The molecule has 0 aliphatic rings. The van der Waals surface area contributed by atoms with E-state index in [-0.39, 0.29) is 0 Å². The molecule has 0 spiro atoms.